The second kappa shape index (κ2) is 5.23. The average molecular weight is 325 g/mol. The van der Waals surface area contributed by atoms with Crippen LogP contribution in [-0.4, -0.2) is 24.5 Å². The number of sulfonamides is 1. The van der Waals surface area contributed by atoms with Crippen molar-refractivity contribution in [2.75, 3.05) is 4.72 Å². The van der Waals surface area contributed by atoms with E-state index < -0.39 is 16.0 Å². The Kier molecular flexibility index (Phi) is 3.76. The number of anilines is 1. The molecule has 9 heteroatoms. The van der Waals surface area contributed by atoms with Crippen LogP contribution in [0.25, 0.3) is 0 Å². The van der Waals surface area contributed by atoms with E-state index in [4.69, 9.17) is 10.4 Å². The molecule has 0 radical (unpaired) electrons. The monoisotopic (exact) mass is 325 g/mol. The Morgan fingerprint density at radius 3 is 2.67 bits per heavy atom. The van der Waals surface area contributed by atoms with Gasteiger partial charge in [0.1, 0.15) is 21.7 Å². The highest BCUT2D eigenvalue weighted by molar-refractivity contribution is 7.93. The molecule has 2 aromatic rings. The zero-order chi connectivity index (χ0) is 15.8. The second-order valence-electron chi connectivity index (χ2n) is 4.26. The maximum absolute atomic E-state index is 12.2. The Hall–Kier alpha value is -2.31. The summed E-state index contributed by atoms with van der Waals surface area (Å²) < 4.78 is 26.7. The highest BCUT2D eigenvalue weighted by Gasteiger charge is 2.22. The molecule has 0 atom stereocenters. The Balaban J connectivity index is 2.40. The first-order valence-electron chi connectivity index (χ1n) is 5.71. The van der Waals surface area contributed by atoms with E-state index in [0.29, 0.717) is 0 Å². The first-order chi connectivity index (χ1) is 9.76. The molecule has 0 fully saturated rings. The second-order valence-corrected chi connectivity index (χ2v) is 7.17. The molecule has 0 spiro atoms. The Morgan fingerprint density at radius 1 is 1.48 bits per heavy atom. The maximum Gasteiger partial charge on any atom is 0.352 e. The number of nitrogens with zero attached hydrogens (tertiary/aromatic N) is 1. The zero-order valence-electron chi connectivity index (χ0n) is 11.1. The fraction of sp³-hybridized carbons (Fsp3) is 0.167. The summed E-state index contributed by atoms with van der Waals surface area (Å²) in [6, 6.07) is 2.98. The van der Waals surface area contributed by atoms with E-state index in [2.05, 4.69) is 9.71 Å². The third-order valence-corrected chi connectivity index (χ3v) is 5.50. The first kappa shape index (κ1) is 15.1. The lowest BCUT2D eigenvalue weighted by Crippen LogP contribution is -2.12. The number of hydrogen-bond donors (Lipinski definition) is 3. The van der Waals surface area contributed by atoms with Gasteiger partial charge in [0.25, 0.3) is 10.0 Å². The van der Waals surface area contributed by atoms with Gasteiger partial charge in [-0.05, 0) is 25.5 Å². The third-order valence-electron chi connectivity index (χ3n) is 2.92. The minimum absolute atomic E-state index is 0.201. The smallest absolute Gasteiger partial charge is 0.352 e. The summed E-state index contributed by atoms with van der Waals surface area (Å²) in [6.07, 6.45) is 1.09. The van der Waals surface area contributed by atoms with Crippen molar-refractivity contribution in [3.05, 3.63) is 34.0 Å². The van der Waals surface area contributed by atoms with Gasteiger partial charge in [-0.1, -0.05) is 0 Å². The fourth-order valence-electron chi connectivity index (χ4n) is 1.67. The molecular weight excluding hydrogens is 314 g/mol. The zero-order valence-corrected chi connectivity index (χ0v) is 12.7. The molecule has 2 aromatic heterocycles. The molecule has 0 saturated heterocycles. The van der Waals surface area contributed by atoms with Crippen LogP contribution in [-0.2, 0) is 10.0 Å². The molecule has 0 aliphatic rings. The van der Waals surface area contributed by atoms with E-state index in [1.54, 1.807) is 13.8 Å². The molecule has 21 heavy (non-hydrogen) atoms. The van der Waals surface area contributed by atoms with Gasteiger partial charge in [0, 0.05) is 11.1 Å². The van der Waals surface area contributed by atoms with Crippen molar-refractivity contribution in [2.45, 2.75) is 18.7 Å². The van der Waals surface area contributed by atoms with Crippen LogP contribution >= 0.6 is 11.3 Å². The first-order valence-corrected chi connectivity index (χ1v) is 8.01. The number of aromatic amines is 1. The topological polar surface area (TPSA) is 123 Å². The lowest BCUT2D eigenvalue weighted by Gasteiger charge is -2.04. The molecule has 0 amide bonds. The van der Waals surface area contributed by atoms with Gasteiger partial charge in [0.15, 0.2) is 0 Å². The van der Waals surface area contributed by atoms with Crippen molar-refractivity contribution in [1.29, 1.82) is 5.26 Å². The predicted octanol–water partition coefficient (Wildman–Crippen LogP) is 2.06. The number of aromatic nitrogens is 1. The molecule has 0 aliphatic heterocycles. The van der Waals surface area contributed by atoms with Gasteiger partial charge in [-0.3, -0.25) is 4.72 Å². The molecule has 0 aromatic carbocycles. The van der Waals surface area contributed by atoms with Crippen LogP contribution in [0, 0.1) is 25.2 Å². The van der Waals surface area contributed by atoms with E-state index in [0.717, 1.165) is 34.0 Å². The Morgan fingerprint density at radius 2 is 2.14 bits per heavy atom. The summed E-state index contributed by atoms with van der Waals surface area (Å²) in [4.78, 5) is 13.8. The van der Waals surface area contributed by atoms with Crippen molar-refractivity contribution in [3.8, 4) is 6.07 Å². The van der Waals surface area contributed by atoms with E-state index in [9.17, 15) is 13.2 Å². The summed E-state index contributed by atoms with van der Waals surface area (Å²) in [5.41, 5.74) is 0.769. The maximum atomic E-state index is 12.2. The van der Waals surface area contributed by atoms with Crippen molar-refractivity contribution < 1.29 is 18.3 Å². The molecule has 2 heterocycles. The number of H-pyrrole nitrogens is 1. The predicted molar refractivity (Wildman–Crippen MR) is 77.1 cm³/mol. The largest absolute Gasteiger partial charge is 0.477 e. The van der Waals surface area contributed by atoms with Gasteiger partial charge < -0.3 is 10.1 Å². The van der Waals surface area contributed by atoms with E-state index in [1.807, 2.05) is 6.07 Å². The normalized spacial score (nSPS) is 11.1. The lowest BCUT2D eigenvalue weighted by atomic mass is 10.2. The van der Waals surface area contributed by atoms with Gasteiger partial charge in [-0.25, -0.2) is 13.2 Å². The number of carboxylic acids is 1. The van der Waals surface area contributed by atoms with Crippen LogP contribution in [0.5, 0.6) is 0 Å². The van der Waals surface area contributed by atoms with E-state index in [-0.39, 0.29) is 21.2 Å². The van der Waals surface area contributed by atoms with Crippen LogP contribution in [0.15, 0.2) is 17.2 Å². The van der Waals surface area contributed by atoms with Crippen LogP contribution in [0.3, 0.4) is 0 Å². The van der Waals surface area contributed by atoms with Gasteiger partial charge in [-0.15, -0.1) is 11.3 Å². The van der Waals surface area contributed by atoms with Crippen LogP contribution in [0.4, 0.5) is 5.00 Å². The number of nitrogens with one attached hydrogen (secondary N) is 2. The van der Waals surface area contributed by atoms with Gasteiger partial charge in [-0.2, -0.15) is 5.26 Å². The average Bonchev–Trinajstić information content (AvgIpc) is 2.97. The van der Waals surface area contributed by atoms with Crippen molar-refractivity contribution in [1.82, 2.24) is 4.98 Å². The lowest BCUT2D eigenvalue weighted by molar-refractivity contribution is 0.0691. The van der Waals surface area contributed by atoms with Crippen molar-refractivity contribution in [3.63, 3.8) is 0 Å². The third kappa shape index (κ3) is 2.76. The Labute approximate surface area is 124 Å². The van der Waals surface area contributed by atoms with E-state index >= 15 is 0 Å². The van der Waals surface area contributed by atoms with Crippen LogP contribution < -0.4 is 4.72 Å². The molecule has 110 valence electrons. The van der Waals surface area contributed by atoms with Gasteiger partial charge in [0.05, 0.1) is 5.56 Å². The molecule has 3 N–H and O–H groups in total. The van der Waals surface area contributed by atoms with E-state index in [1.165, 1.54) is 0 Å². The number of aryl methyl sites for hydroxylation is 1. The van der Waals surface area contributed by atoms with Gasteiger partial charge >= 0.3 is 5.97 Å². The minimum atomic E-state index is -3.95. The number of aromatic carboxylic acids is 1. The highest BCUT2D eigenvalue weighted by atomic mass is 32.2. The Bertz CT molecular complexity index is 856. The summed E-state index contributed by atoms with van der Waals surface area (Å²) in [6.45, 7) is 3.53. The molecule has 7 nitrogen and oxygen atoms in total. The minimum Gasteiger partial charge on any atom is -0.477 e. The van der Waals surface area contributed by atoms with Crippen LogP contribution in [0.2, 0.25) is 0 Å². The molecule has 0 aliphatic carbocycles. The molecule has 0 saturated carbocycles. The number of rotatable bonds is 4. The quantitative estimate of drug-likeness (QED) is 0.794. The molecule has 2 rings (SSSR count). The number of carboxylic acid groups (broad SMARTS) is 1. The van der Waals surface area contributed by atoms with Crippen molar-refractivity contribution >= 4 is 32.3 Å². The number of carbonyl (C=O) groups is 1. The highest BCUT2D eigenvalue weighted by Crippen LogP contribution is 2.33. The van der Waals surface area contributed by atoms with Crippen LogP contribution in [0.1, 0.15) is 26.5 Å². The fourth-order valence-corrected chi connectivity index (χ4v) is 3.98. The number of hydrogen-bond acceptors (Lipinski definition) is 5. The summed E-state index contributed by atoms with van der Waals surface area (Å²) >= 11 is 1.16. The SMILES string of the molecule is Cc1sc(NS(=O)(=O)c2c[nH]c(C(=O)O)c2)c(C#N)c1C. The molecular formula is C12H11N3O4S2. The summed E-state index contributed by atoms with van der Waals surface area (Å²) in [5.74, 6) is -1.25. The number of thiophene rings is 1. The summed E-state index contributed by atoms with van der Waals surface area (Å²) in [7, 11) is -3.95. The van der Waals surface area contributed by atoms with Gasteiger partial charge in [0.2, 0.25) is 0 Å². The molecule has 0 bridgehead atoms. The molecule has 0 unspecified atom stereocenters. The number of nitriles is 1. The summed E-state index contributed by atoms with van der Waals surface area (Å²) in [5, 5.41) is 18.1. The standard InChI is InChI=1S/C12H11N3O4S2/c1-6-7(2)20-11(9(6)4-13)15-21(18,19)8-3-10(12(16)17)14-5-8/h3,5,14-15H,1-2H3,(H,16,17). The van der Waals surface area contributed by atoms with Crippen molar-refractivity contribution in [2.24, 2.45) is 0 Å².